The molecule has 11 heavy (non-hydrogen) atoms. The summed E-state index contributed by atoms with van der Waals surface area (Å²) in [6.07, 6.45) is 4.61. The monoisotopic (exact) mass is 158 g/mol. The molecule has 2 atom stereocenters. The molecule has 2 heteroatoms. The van der Waals surface area contributed by atoms with Crippen molar-refractivity contribution in [3.05, 3.63) is 0 Å². The van der Waals surface area contributed by atoms with Crippen molar-refractivity contribution in [1.29, 1.82) is 0 Å². The van der Waals surface area contributed by atoms with Crippen molar-refractivity contribution in [3.63, 3.8) is 0 Å². The van der Waals surface area contributed by atoms with Crippen molar-refractivity contribution in [2.24, 2.45) is 0 Å². The normalized spacial score (nSPS) is 41.2. The Morgan fingerprint density at radius 2 is 1.45 bits per heavy atom. The third-order valence-electron chi connectivity index (χ3n) is 2.10. The maximum absolute atomic E-state index is 5.45. The first-order valence-electron chi connectivity index (χ1n) is 4.65. The lowest BCUT2D eigenvalue weighted by molar-refractivity contribution is -0.208. The first-order valence-corrected chi connectivity index (χ1v) is 4.65. The third kappa shape index (κ3) is 2.17. The van der Waals surface area contributed by atoms with Gasteiger partial charge in [0.05, 0.1) is 12.2 Å². The van der Waals surface area contributed by atoms with Gasteiger partial charge in [-0.15, -0.1) is 0 Å². The summed E-state index contributed by atoms with van der Waals surface area (Å²) in [5.41, 5.74) is 0. The van der Waals surface area contributed by atoms with Gasteiger partial charge in [0, 0.05) is 6.42 Å². The van der Waals surface area contributed by atoms with Crippen molar-refractivity contribution in [1.82, 2.24) is 0 Å². The molecule has 1 aliphatic carbocycles. The fraction of sp³-hybridized carbons (Fsp3) is 1.00. The molecule has 2 aliphatic rings. The lowest BCUT2D eigenvalue weighted by Crippen LogP contribution is -2.29. The molecule has 0 radical (unpaired) electrons. The van der Waals surface area contributed by atoms with Crippen LogP contribution in [0, 0.1) is 0 Å². The lowest BCUT2D eigenvalue weighted by Gasteiger charge is -2.26. The number of hydrogen-bond donors (Lipinski definition) is 0. The van der Waals surface area contributed by atoms with Gasteiger partial charge in [-0.3, -0.25) is 0 Å². The van der Waals surface area contributed by atoms with Gasteiger partial charge in [-0.05, 0) is 19.8 Å². The molecular weight excluding hydrogens is 140 g/mol. The van der Waals surface area contributed by atoms with Gasteiger partial charge >= 0.3 is 0 Å². The molecule has 66 valence electrons. The maximum atomic E-state index is 5.45. The zero-order chi connectivity index (χ0) is 8.27. The van der Waals surface area contributed by atoms with Crippen LogP contribution in [-0.2, 0) is 9.47 Å². The topological polar surface area (TPSA) is 18.5 Å². The molecule has 0 spiro atoms. The second-order valence-electron chi connectivity index (χ2n) is 2.90. The molecule has 2 unspecified atom stereocenters. The van der Waals surface area contributed by atoms with E-state index in [1.165, 1.54) is 12.8 Å². The smallest absolute Gasteiger partial charge is 0.155 e. The van der Waals surface area contributed by atoms with E-state index < -0.39 is 0 Å². The van der Waals surface area contributed by atoms with E-state index in [0.717, 1.165) is 6.42 Å². The van der Waals surface area contributed by atoms with Crippen LogP contribution < -0.4 is 0 Å². The lowest BCUT2D eigenvalue weighted by atomic mass is 10.3. The van der Waals surface area contributed by atoms with Crippen LogP contribution in [0.15, 0.2) is 0 Å². The molecule has 0 aromatic rings. The molecule has 1 saturated carbocycles. The van der Waals surface area contributed by atoms with E-state index in [1.54, 1.807) is 0 Å². The van der Waals surface area contributed by atoms with Crippen LogP contribution in [0.4, 0.5) is 0 Å². The van der Waals surface area contributed by atoms with Gasteiger partial charge in [-0.2, -0.15) is 0 Å². The quantitative estimate of drug-likeness (QED) is 0.538. The number of fused-ring (bicyclic) bond motifs is 2. The van der Waals surface area contributed by atoms with Gasteiger partial charge in [0.2, 0.25) is 0 Å². The summed E-state index contributed by atoms with van der Waals surface area (Å²) < 4.78 is 10.9. The summed E-state index contributed by atoms with van der Waals surface area (Å²) >= 11 is 0. The first kappa shape index (κ1) is 9.01. The van der Waals surface area contributed by atoms with E-state index >= 15 is 0 Å². The van der Waals surface area contributed by atoms with Gasteiger partial charge in [-0.1, -0.05) is 13.8 Å². The molecule has 1 saturated heterocycles. The van der Waals surface area contributed by atoms with Crippen molar-refractivity contribution in [3.8, 4) is 0 Å². The molecule has 2 rings (SSSR count). The molecule has 1 heterocycles. The van der Waals surface area contributed by atoms with E-state index in [0.29, 0.717) is 12.2 Å². The standard InChI is InChI=1S/C7H12O2.C2H6/c1-5-8-6-2-3-7(4-6)9-5;1-2/h5-7H,2-4H2,1H3;1-2H3. The van der Waals surface area contributed by atoms with E-state index in [-0.39, 0.29) is 6.29 Å². The van der Waals surface area contributed by atoms with Crippen LogP contribution in [0.25, 0.3) is 0 Å². The summed E-state index contributed by atoms with van der Waals surface area (Å²) in [6.45, 7) is 5.98. The van der Waals surface area contributed by atoms with E-state index in [9.17, 15) is 0 Å². The van der Waals surface area contributed by atoms with E-state index in [1.807, 2.05) is 20.8 Å². The Labute approximate surface area is 68.9 Å². The number of ether oxygens (including phenoxy) is 2. The molecule has 0 N–H and O–H groups in total. The highest BCUT2D eigenvalue weighted by Gasteiger charge is 2.33. The fourth-order valence-electron chi connectivity index (χ4n) is 1.72. The molecule has 2 nitrogen and oxygen atoms in total. The Hall–Kier alpha value is -0.0800. The fourth-order valence-corrected chi connectivity index (χ4v) is 1.72. The molecule has 0 amide bonds. The van der Waals surface area contributed by atoms with Gasteiger partial charge in [0.25, 0.3) is 0 Å². The van der Waals surface area contributed by atoms with Crippen LogP contribution in [0.5, 0.6) is 0 Å². The zero-order valence-corrected chi connectivity index (χ0v) is 7.67. The average molecular weight is 158 g/mol. The van der Waals surface area contributed by atoms with E-state index in [4.69, 9.17) is 9.47 Å². The Morgan fingerprint density at radius 1 is 1.00 bits per heavy atom. The minimum atomic E-state index is 0.0521. The van der Waals surface area contributed by atoms with Crippen LogP contribution >= 0.6 is 0 Å². The molecule has 0 aromatic heterocycles. The van der Waals surface area contributed by atoms with Crippen LogP contribution in [0.1, 0.15) is 40.0 Å². The summed E-state index contributed by atoms with van der Waals surface area (Å²) in [7, 11) is 0. The molecule has 0 aromatic carbocycles. The Kier molecular flexibility index (Phi) is 3.34. The summed E-state index contributed by atoms with van der Waals surface area (Å²) in [5, 5.41) is 0. The van der Waals surface area contributed by atoms with Crippen molar-refractivity contribution >= 4 is 0 Å². The van der Waals surface area contributed by atoms with Crippen LogP contribution in [-0.4, -0.2) is 18.5 Å². The van der Waals surface area contributed by atoms with Crippen LogP contribution in [0.2, 0.25) is 0 Å². The molecule has 2 bridgehead atoms. The first-order chi connectivity index (χ1) is 5.34. The Balaban J connectivity index is 0.000000281. The third-order valence-corrected chi connectivity index (χ3v) is 2.10. The highest BCUT2D eigenvalue weighted by molar-refractivity contribution is 4.79. The summed E-state index contributed by atoms with van der Waals surface area (Å²) in [6, 6.07) is 0. The predicted molar refractivity (Wildman–Crippen MR) is 44.4 cm³/mol. The minimum absolute atomic E-state index is 0.0521. The van der Waals surface area contributed by atoms with E-state index in [2.05, 4.69) is 0 Å². The minimum Gasteiger partial charge on any atom is -0.350 e. The average Bonchev–Trinajstić information content (AvgIpc) is 2.35. The predicted octanol–water partition coefficient (Wildman–Crippen LogP) is 2.33. The zero-order valence-electron chi connectivity index (χ0n) is 7.67. The largest absolute Gasteiger partial charge is 0.350 e. The SMILES string of the molecule is CC.CC1OC2CCC(C2)O1. The highest BCUT2D eigenvalue weighted by Crippen LogP contribution is 2.31. The number of hydrogen-bond acceptors (Lipinski definition) is 2. The Morgan fingerprint density at radius 3 is 1.91 bits per heavy atom. The highest BCUT2D eigenvalue weighted by atomic mass is 16.7. The molecule has 2 fully saturated rings. The maximum Gasteiger partial charge on any atom is 0.155 e. The van der Waals surface area contributed by atoms with Crippen molar-refractivity contribution in [2.45, 2.75) is 58.5 Å². The van der Waals surface area contributed by atoms with Gasteiger partial charge < -0.3 is 9.47 Å². The summed E-state index contributed by atoms with van der Waals surface area (Å²) in [4.78, 5) is 0. The molecular formula is C9H18O2. The second kappa shape index (κ2) is 4.07. The number of rotatable bonds is 0. The van der Waals surface area contributed by atoms with Crippen molar-refractivity contribution in [2.75, 3.05) is 0 Å². The van der Waals surface area contributed by atoms with Gasteiger partial charge in [-0.25, -0.2) is 0 Å². The van der Waals surface area contributed by atoms with Gasteiger partial charge in [0.15, 0.2) is 6.29 Å². The van der Waals surface area contributed by atoms with Gasteiger partial charge in [0.1, 0.15) is 0 Å². The van der Waals surface area contributed by atoms with Crippen LogP contribution in [0.3, 0.4) is 0 Å². The van der Waals surface area contributed by atoms with Crippen molar-refractivity contribution < 1.29 is 9.47 Å². The molecule has 1 aliphatic heterocycles. The Bertz CT molecular complexity index is 102. The summed E-state index contributed by atoms with van der Waals surface area (Å²) in [5.74, 6) is 0. The second-order valence-corrected chi connectivity index (χ2v) is 2.90.